The highest BCUT2D eigenvalue weighted by Crippen LogP contribution is 2.27. The van der Waals surface area contributed by atoms with Crippen molar-refractivity contribution in [1.82, 2.24) is 14.8 Å². The zero-order valence-corrected chi connectivity index (χ0v) is 11.5. The number of nitrogens with zero attached hydrogens (tertiary/aromatic N) is 2. The van der Waals surface area contributed by atoms with Crippen molar-refractivity contribution in [3.05, 3.63) is 24.0 Å². The predicted molar refractivity (Wildman–Crippen MR) is 72.1 cm³/mol. The van der Waals surface area contributed by atoms with Gasteiger partial charge in [0, 0.05) is 32.4 Å². The van der Waals surface area contributed by atoms with Crippen molar-refractivity contribution in [3.8, 4) is 0 Å². The topological polar surface area (TPSA) is 46.5 Å². The van der Waals surface area contributed by atoms with Crippen molar-refractivity contribution in [1.29, 1.82) is 0 Å². The van der Waals surface area contributed by atoms with Crippen LogP contribution in [-0.4, -0.2) is 53.8 Å². The van der Waals surface area contributed by atoms with E-state index < -0.39 is 0 Å². The van der Waals surface area contributed by atoms with Crippen LogP contribution < -0.4 is 5.32 Å². The molecule has 1 amide bonds. The molecule has 2 aliphatic rings. The maximum atomic E-state index is 12.3. The lowest BCUT2D eigenvalue weighted by Crippen LogP contribution is -2.47. The minimum Gasteiger partial charge on any atom is -0.374 e. The number of rotatable bonds is 2. The van der Waals surface area contributed by atoms with Gasteiger partial charge in [0.05, 0.1) is 12.1 Å². The highest BCUT2D eigenvalue weighted by molar-refractivity contribution is 5.93. The maximum Gasteiger partial charge on any atom is 0.268 e. The molecule has 19 heavy (non-hydrogen) atoms. The summed E-state index contributed by atoms with van der Waals surface area (Å²) in [6.07, 6.45) is 4.31. The van der Waals surface area contributed by atoms with Gasteiger partial charge in [-0.2, -0.15) is 0 Å². The van der Waals surface area contributed by atoms with Crippen molar-refractivity contribution < 1.29 is 9.53 Å². The molecule has 3 heterocycles. The van der Waals surface area contributed by atoms with Crippen LogP contribution in [0.3, 0.4) is 0 Å². The first-order chi connectivity index (χ1) is 9.16. The van der Waals surface area contributed by atoms with E-state index in [0.717, 1.165) is 26.0 Å². The summed E-state index contributed by atoms with van der Waals surface area (Å²) in [5.41, 5.74) is 0.696. The number of ether oxygens (including phenoxy) is 1. The van der Waals surface area contributed by atoms with Gasteiger partial charge in [-0.3, -0.25) is 9.69 Å². The highest BCUT2D eigenvalue weighted by atomic mass is 16.5. The Balaban J connectivity index is 1.70. The van der Waals surface area contributed by atoms with Gasteiger partial charge in [-0.1, -0.05) is 0 Å². The van der Waals surface area contributed by atoms with Gasteiger partial charge in [0.15, 0.2) is 0 Å². The number of carbonyl (C=O) groups is 1. The molecule has 2 aliphatic heterocycles. The molecule has 0 aromatic carbocycles. The van der Waals surface area contributed by atoms with Gasteiger partial charge in [0.2, 0.25) is 0 Å². The first kappa shape index (κ1) is 12.7. The summed E-state index contributed by atoms with van der Waals surface area (Å²) in [6, 6.07) is 4.27. The molecule has 0 bridgehead atoms. The molecule has 1 N–H and O–H groups in total. The molecule has 5 nitrogen and oxygen atoms in total. The smallest absolute Gasteiger partial charge is 0.268 e. The molecular formula is C14H21N3O2. The average molecular weight is 263 g/mol. The van der Waals surface area contributed by atoms with Crippen molar-refractivity contribution in [3.63, 3.8) is 0 Å². The molecule has 0 spiro atoms. The molecule has 3 atom stereocenters. The third-order valence-electron chi connectivity index (χ3n) is 4.27. The fraction of sp³-hybridized carbons (Fsp3) is 0.643. The Morgan fingerprint density at radius 1 is 1.47 bits per heavy atom. The predicted octanol–water partition coefficient (Wildman–Crippen LogP) is 0.616. The van der Waals surface area contributed by atoms with Crippen LogP contribution in [0.1, 0.15) is 23.3 Å². The fourth-order valence-corrected chi connectivity index (χ4v) is 3.26. The molecule has 0 aliphatic carbocycles. The molecule has 2 saturated heterocycles. The van der Waals surface area contributed by atoms with Crippen molar-refractivity contribution in [2.24, 2.45) is 7.05 Å². The van der Waals surface area contributed by atoms with Crippen molar-refractivity contribution in [2.45, 2.75) is 31.0 Å². The van der Waals surface area contributed by atoms with E-state index in [-0.39, 0.29) is 18.1 Å². The van der Waals surface area contributed by atoms with Crippen LogP contribution in [-0.2, 0) is 11.8 Å². The standard InChI is InChI=1S/C14H21N3O2/c1-16-7-3-5-12(16)14(18)15-10-9-17(2)11-6-4-8-19-13(10)11/h3,5,7,10-11,13H,4,6,8-9H2,1-2H3,(H,15,18)/t10-,11+,13+/m1/s1. The van der Waals surface area contributed by atoms with Crippen LogP contribution in [0.25, 0.3) is 0 Å². The fourth-order valence-electron chi connectivity index (χ4n) is 3.26. The van der Waals surface area contributed by atoms with E-state index >= 15 is 0 Å². The SMILES string of the molecule is CN1C[C@@H](NC(=O)c2cccn2C)[C@@H]2OCCC[C@@H]21. The summed E-state index contributed by atoms with van der Waals surface area (Å²) in [4.78, 5) is 14.6. The third-order valence-corrected chi connectivity index (χ3v) is 4.27. The Morgan fingerprint density at radius 2 is 2.32 bits per heavy atom. The lowest BCUT2D eigenvalue weighted by Gasteiger charge is -2.31. The molecule has 5 heteroatoms. The second kappa shape index (κ2) is 4.98. The first-order valence-corrected chi connectivity index (χ1v) is 6.91. The van der Waals surface area contributed by atoms with Gasteiger partial charge in [0.1, 0.15) is 5.69 Å². The molecule has 2 fully saturated rings. The van der Waals surface area contributed by atoms with E-state index in [0.29, 0.717) is 11.7 Å². The van der Waals surface area contributed by atoms with E-state index in [9.17, 15) is 4.79 Å². The summed E-state index contributed by atoms with van der Waals surface area (Å²) in [5, 5.41) is 3.13. The van der Waals surface area contributed by atoms with Crippen LogP contribution in [0.15, 0.2) is 18.3 Å². The monoisotopic (exact) mass is 263 g/mol. The molecule has 0 radical (unpaired) electrons. The van der Waals surface area contributed by atoms with E-state index in [1.807, 2.05) is 29.9 Å². The number of hydrogen-bond acceptors (Lipinski definition) is 3. The number of amides is 1. The number of fused-ring (bicyclic) bond motifs is 1. The number of hydrogen-bond donors (Lipinski definition) is 1. The Bertz CT molecular complexity index is 471. The molecule has 104 valence electrons. The first-order valence-electron chi connectivity index (χ1n) is 6.91. The van der Waals surface area contributed by atoms with Gasteiger partial charge in [0.25, 0.3) is 5.91 Å². The Labute approximate surface area is 113 Å². The van der Waals surface area contributed by atoms with Crippen molar-refractivity contribution >= 4 is 5.91 Å². The zero-order valence-electron chi connectivity index (χ0n) is 11.5. The molecule has 1 aromatic heterocycles. The molecule has 1 aromatic rings. The second-order valence-electron chi connectivity index (χ2n) is 5.57. The normalized spacial score (nSPS) is 31.2. The van der Waals surface area contributed by atoms with Gasteiger partial charge in [-0.25, -0.2) is 0 Å². The van der Waals surface area contributed by atoms with E-state index in [1.165, 1.54) is 0 Å². The number of likely N-dealkylation sites (N-methyl/N-ethyl adjacent to an activating group) is 1. The molecular weight excluding hydrogens is 242 g/mol. The van der Waals surface area contributed by atoms with Gasteiger partial charge in [-0.15, -0.1) is 0 Å². The minimum atomic E-state index is -0.0132. The van der Waals surface area contributed by atoms with E-state index in [4.69, 9.17) is 4.74 Å². The summed E-state index contributed by atoms with van der Waals surface area (Å²) in [6.45, 7) is 1.68. The summed E-state index contributed by atoms with van der Waals surface area (Å²) in [5.74, 6) is -0.0132. The zero-order chi connectivity index (χ0) is 13.4. The largest absolute Gasteiger partial charge is 0.374 e. The van der Waals surface area contributed by atoms with Crippen LogP contribution in [0.2, 0.25) is 0 Å². The average Bonchev–Trinajstić information content (AvgIpc) is 2.95. The second-order valence-corrected chi connectivity index (χ2v) is 5.57. The maximum absolute atomic E-state index is 12.3. The summed E-state index contributed by atoms with van der Waals surface area (Å²) >= 11 is 0. The van der Waals surface area contributed by atoms with Gasteiger partial charge >= 0.3 is 0 Å². The number of aryl methyl sites for hydroxylation is 1. The number of nitrogens with one attached hydrogen (secondary N) is 1. The van der Waals surface area contributed by atoms with Crippen LogP contribution in [0, 0.1) is 0 Å². The van der Waals surface area contributed by atoms with Crippen molar-refractivity contribution in [2.75, 3.05) is 20.2 Å². The molecule has 0 unspecified atom stereocenters. The Morgan fingerprint density at radius 3 is 3.05 bits per heavy atom. The Kier molecular flexibility index (Phi) is 3.33. The number of likely N-dealkylation sites (tertiary alicyclic amines) is 1. The van der Waals surface area contributed by atoms with E-state index in [1.54, 1.807) is 0 Å². The molecule has 0 saturated carbocycles. The number of carbonyl (C=O) groups excluding carboxylic acids is 1. The quantitative estimate of drug-likeness (QED) is 0.850. The lowest BCUT2D eigenvalue weighted by atomic mass is 10.0. The van der Waals surface area contributed by atoms with Gasteiger partial charge in [-0.05, 0) is 32.0 Å². The Hall–Kier alpha value is -1.33. The van der Waals surface area contributed by atoms with Crippen LogP contribution >= 0.6 is 0 Å². The van der Waals surface area contributed by atoms with E-state index in [2.05, 4.69) is 17.3 Å². The minimum absolute atomic E-state index is 0.0132. The van der Waals surface area contributed by atoms with Gasteiger partial charge < -0.3 is 14.6 Å². The summed E-state index contributed by atoms with van der Waals surface area (Å²) < 4.78 is 7.71. The highest BCUT2D eigenvalue weighted by Gasteiger charge is 2.43. The molecule has 3 rings (SSSR count). The van der Waals surface area contributed by atoms with Crippen LogP contribution in [0.4, 0.5) is 0 Å². The number of aromatic nitrogens is 1. The third kappa shape index (κ3) is 2.28. The summed E-state index contributed by atoms with van der Waals surface area (Å²) in [7, 11) is 4.00. The van der Waals surface area contributed by atoms with Crippen LogP contribution in [0.5, 0.6) is 0 Å². The lowest BCUT2D eigenvalue weighted by molar-refractivity contribution is -0.0165.